The molecule has 0 radical (unpaired) electrons. The van der Waals surface area contributed by atoms with E-state index < -0.39 is 0 Å². The lowest BCUT2D eigenvalue weighted by molar-refractivity contribution is 0.279. The fraction of sp³-hybridized carbons (Fsp3) is 0.333. The number of aromatic nitrogens is 2. The van der Waals surface area contributed by atoms with Gasteiger partial charge in [0.2, 0.25) is 0 Å². The highest BCUT2D eigenvalue weighted by Gasteiger charge is 2.03. The number of fused-ring (bicyclic) bond motifs is 1. The molecule has 14 heavy (non-hydrogen) atoms. The summed E-state index contributed by atoms with van der Waals surface area (Å²) >= 11 is 1.46. The maximum atomic E-state index is 11.7. The van der Waals surface area contributed by atoms with E-state index in [2.05, 4.69) is 4.98 Å². The van der Waals surface area contributed by atoms with Crippen LogP contribution in [0, 0.1) is 0 Å². The van der Waals surface area contributed by atoms with Crippen LogP contribution >= 0.6 is 11.3 Å². The van der Waals surface area contributed by atoms with Gasteiger partial charge in [0.05, 0.1) is 11.7 Å². The second-order valence-electron chi connectivity index (χ2n) is 2.96. The van der Waals surface area contributed by atoms with Gasteiger partial charge in [0, 0.05) is 13.2 Å². The van der Waals surface area contributed by atoms with E-state index in [0.29, 0.717) is 18.4 Å². The minimum absolute atomic E-state index is 0.0234. The van der Waals surface area contributed by atoms with Gasteiger partial charge in [0.1, 0.15) is 4.83 Å². The smallest absolute Gasteiger partial charge is 0.262 e. The molecule has 74 valence electrons. The first-order valence-electron chi connectivity index (χ1n) is 4.36. The van der Waals surface area contributed by atoms with Crippen molar-refractivity contribution in [3.8, 4) is 0 Å². The van der Waals surface area contributed by atoms with Crippen molar-refractivity contribution in [2.24, 2.45) is 0 Å². The van der Waals surface area contributed by atoms with Crippen LogP contribution in [-0.4, -0.2) is 21.3 Å². The van der Waals surface area contributed by atoms with Crippen LogP contribution in [-0.2, 0) is 6.54 Å². The van der Waals surface area contributed by atoms with E-state index in [1.165, 1.54) is 22.2 Å². The lowest BCUT2D eigenvalue weighted by Crippen LogP contribution is -2.20. The summed E-state index contributed by atoms with van der Waals surface area (Å²) in [6.45, 7) is 0.613. The Hall–Kier alpha value is -1.20. The van der Waals surface area contributed by atoms with Gasteiger partial charge in [-0.25, -0.2) is 4.98 Å². The third-order valence-electron chi connectivity index (χ3n) is 2.01. The predicted octanol–water partition coefficient (Wildman–Crippen LogP) is 0.840. The number of nitrogens with zero attached hydrogens (tertiary/aromatic N) is 2. The van der Waals surface area contributed by atoms with E-state index in [1.807, 2.05) is 5.38 Å². The molecular weight excluding hydrogens is 200 g/mol. The van der Waals surface area contributed by atoms with E-state index in [-0.39, 0.29) is 12.2 Å². The molecule has 0 spiro atoms. The molecule has 2 rings (SSSR count). The Labute approximate surface area is 84.5 Å². The van der Waals surface area contributed by atoms with Crippen molar-refractivity contribution in [1.29, 1.82) is 0 Å². The third kappa shape index (κ3) is 1.56. The summed E-state index contributed by atoms with van der Waals surface area (Å²) in [5, 5.41) is 11.2. The first-order valence-corrected chi connectivity index (χ1v) is 5.24. The third-order valence-corrected chi connectivity index (χ3v) is 2.83. The molecule has 0 atom stereocenters. The van der Waals surface area contributed by atoms with Crippen LogP contribution in [0.4, 0.5) is 0 Å². The SMILES string of the molecule is O=c1c2ccsc2ncn1CCCO. The summed E-state index contributed by atoms with van der Waals surface area (Å²) in [5.41, 5.74) is -0.0234. The topological polar surface area (TPSA) is 55.1 Å². The van der Waals surface area contributed by atoms with Crippen molar-refractivity contribution >= 4 is 21.6 Å². The zero-order chi connectivity index (χ0) is 9.97. The molecule has 4 nitrogen and oxygen atoms in total. The van der Waals surface area contributed by atoms with Crippen molar-refractivity contribution in [2.45, 2.75) is 13.0 Å². The van der Waals surface area contributed by atoms with E-state index in [9.17, 15) is 4.79 Å². The minimum Gasteiger partial charge on any atom is -0.396 e. The summed E-state index contributed by atoms with van der Waals surface area (Å²) in [6.07, 6.45) is 2.12. The molecule has 2 aromatic heterocycles. The van der Waals surface area contributed by atoms with Crippen molar-refractivity contribution < 1.29 is 5.11 Å². The van der Waals surface area contributed by atoms with Crippen LogP contribution in [0.15, 0.2) is 22.6 Å². The number of rotatable bonds is 3. The maximum Gasteiger partial charge on any atom is 0.262 e. The van der Waals surface area contributed by atoms with Gasteiger partial charge in [-0.1, -0.05) is 0 Å². The fourth-order valence-electron chi connectivity index (χ4n) is 1.29. The highest BCUT2D eigenvalue weighted by atomic mass is 32.1. The Morgan fingerprint density at radius 1 is 1.57 bits per heavy atom. The van der Waals surface area contributed by atoms with Crippen LogP contribution in [0.5, 0.6) is 0 Å². The molecule has 0 aliphatic rings. The lowest BCUT2D eigenvalue weighted by atomic mass is 10.4. The van der Waals surface area contributed by atoms with Gasteiger partial charge in [-0.05, 0) is 17.9 Å². The predicted molar refractivity (Wildman–Crippen MR) is 55.6 cm³/mol. The standard InChI is InChI=1S/C9H10N2O2S/c12-4-1-3-11-6-10-8-7(9(11)13)2-5-14-8/h2,5-6,12H,1,3-4H2. The van der Waals surface area contributed by atoms with Gasteiger partial charge in [-0.2, -0.15) is 0 Å². The number of aliphatic hydroxyl groups is 1. The molecule has 0 aliphatic carbocycles. The second kappa shape index (κ2) is 3.89. The molecule has 0 saturated carbocycles. The molecule has 0 aliphatic heterocycles. The average molecular weight is 210 g/mol. The Bertz CT molecular complexity index is 489. The van der Waals surface area contributed by atoms with Gasteiger partial charge in [-0.3, -0.25) is 9.36 Å². The van der Waals surface area contributed by atoms with E-state index in [1.54, 1.807) is 6.07 Å². The molecule has 0 amide bonds. The zero-order valence-electron chi connectivity index (χ0n) is 7.51. The Morgan fingerprint density at radius 3 is 3.21 bits per heavy atom. The Balaban J connectivity index is 2.46. The number of thiophene rings is 1. The molecule has 0 fully saturated rings. The first-order chi connectivity index (χ1) is 6.83. The van der Waals surface area contributed by atoms with Crippen molar-refractivity contribution in [3.05, 3.63) is 28.1 Å². The lowest BCUT2D eigenvalue weighted by Gasteiger charge is -2.02. The highest BCUT2D eigenvalue weighted by Crippen LogP contribution is 2.13. The number of hydrogen-bond donors (Lipinski definition) is 1. The number of aliphatic hydroxyl groups excluding tert-OH is 1. The van der Waals surface area contributed by atoms with Crippen LogP contribution in [0.25, 0.3) is 10.2 Å². The number of hydrogen-bond acceptors (Lipinski definition) is 4. The number of aryl methyl sites for hydroxylation is 1. The van der Waals surface area contributed by atoms with Crippen molar-refractivity contribution in [2.75, 3.05) is 6.61 Å². The van der Waals surface area contributed by atoms with E-state index in [4.69, 9.17) is 5.11 Å². The quantitative estimate of drug-likeness (QED) is 0.816. The average Bonchev–Trinajstić information content (AvgIpc) is 2.66. The van der Waals surface area contributed by atoms with Gasteiger partial charge in [0.25, 0.3) is 5.56 Å². The largest absolute Gasteiger partial charge is 0.396 e. The van der Waals surface area contributed by atoms with Crippen molar-refractivity contribution in [3.63, 3.8) is 0 Å². The van der Waals surface area contributed by atoms with Gasteiger partial charge >= 0.3 is 0 Å². The molecule has 5 heteroatoms. The molecule has 1 N–H and O–H groups in total. The van der Waals surface area contributed by atoms with Gasteiger partial charge in [-0.15, -0.1) is 11.3 Å². The van der Waals surface area contributed by atoms with Gasteiger partial charge < -0.3 is 5.11 Å². The second-order valence-corrected chi connectivity index (χ2v) is 3.85. The summed E-state index contributed by atoms with van der Waals surface area (Å²) in [6, 6.07) is 1.78. The molecule has 0 unspecified atom stereocenters. The van der Waals surface area contributed by atoms with Crippen LogP contribution < -0.4 is 5.56 Å². The molecule has 2 aromatic rings. The highest BCUT2D eigenvalue weighted by molar-refractivity contribution is 7.16. The zero-order valence-corrected chi connectivity index (χ0v) is 8.33. The Morgan fingerprint density at radius 2 is 2.43 bits per heavy atom. The van der Waals surface area contributed by atoms with E-state index >= 15 is 0 Å². The summed E-state index contributed by atoms with van der Waals surface area (Å²) in [4.78, 5) is 16.7. The molecule has 0 aromatic carbocycles. The van der Waals surface area contributed by atoms with Crippen LogP contribution in [0.2, 0.25) is 0 Å². The molecule has 0 bridgehead atoms. The fourth-order valence-corrected chi connectivity index (χ4v) is 2.02. The summed E-state index contributed by atoms with van der Waals surface area (Å²) in [5.74, 6) is 0. The minimum atomic E-state index is -0.0234. The van der Waals surface area contributed by atoms with Gasteiger partial charge in [0.15, 0.2) is 0 Å². The van der Waals surface area contributed by atoms with Crippen LogP contribution in [0.3, 0.4) is 0 Å². The van der Waals surface area contributed by atoms with E-state index in [0.717, 1.165) is 4.83 Å². The monoisotopic (exact) mass is 210 g/mol. The van der Waals surface area contributed by atoms with Crippen molar-refractivity contribution in [1.82, 2.24) is 9.55 Å². The first kappa shape index (κ1) is 9.36. The Kier molecular flexibility index (Phi) is 2.60. The maximum absolute atomic E-state index is 11.7. The molecule has 0 saturated heterocycles. The summed E-state index contributed by atoms with van der Waals surface area (Å²) in [7, 11) is 0. The molecule has 2 heterocycles. The molecular formula is C9H10N2O2S. The van der Waals surface area contributed by atoms with Crippen LogP contribution in [0.1, 0.15) is 6.42 Å². The normalized spacial score (nSPS) is 10.9. The summed E-state index contributed by atoms with van der Waals surface area (Å²) < 4.78 is 1.53.